The normalized spacial score (nSPS) is 21.1. The molecule has 1 atom stereocenters. The summed E-state index contributed by atoms with van der Waals surface area (Å²) in [6.45, 7) is 0.810. The van der Waals surface area contributed by atoms with Gasteiger partial charge in [0.05, 0.1) is 0 Å². The van der Waals surface area contributed by atoms with Crippen molar-refractivity contribution in [3.05, 3.63) is 12.2 Å². The molecule has 0 saturated carbocycles. The van der Waals surface area contributed by atoms with Crippen LogP contribution in [-0.4, -0.2) is 37.5 Å². The number of nitrogens with one attached hydrogen (secondary N) is 1. The number of hydrogen-bond acceptors (Lipinski definition) is 2. The molecule has 1 rings (SSSR count). The average molecular weight is 177 g/mol. The second-order valence-corrected chi connectivity index (χ2v) is 2.55. The van der Waals surface area contributed by atoms with E-state index in [9.17, 15) is 4.79 Å². The van der Waals surface area contributed by atoms with Crippen molar-refractivity contribution in [3.8, 4) is 0 Å². The molecule has 64 valence electrons. The van der Waals surface area contributed by atoms with Gasteiger partial charge in [-0.05, 0) is 0 Å². The van der Waals surface area contributed by atoms with Crippen LogP contribution in [0.3, 0.4) is 0 Å². The Bertz CT molecular complexity index is 168. The number of carbonyl (C=O) groups excluding carboxylic acids is 1. The summed E-state index contributed by atoms with van der Waals surface area (Å²) in [6, 6.07) is -0.0880. The topological polar surface area (TPSA) is 32.3 Å². The van der Waals surface area contributed by atoms with Crippen LogP contribution in [0.25, 0.3) is 0 Å². The highest BCUT2D eigenvalue weighted by molar-refractivity contribution is 5.85. The minimum absolute atomic E-state index is 0. The second kappa shape index (κ2) is 4.36. The van der Waals surface area contributed by atoms with Crippen molar-refractivity contribution in [1.82, 2.24) is 10.2 Å². The van der Waals surface area contributed by atoms with Gasteiger partial charge in [-0.3, -0.25) is 10.1 Å². The number of likely N-dealkylation sites (N-methyl/N-ethyl adjacent to an activating group) is 1. The van der Waals surface area contributed by atoms with E-state index < -0.39 is 0 Å². The Morgan fingerprint density at radius 3 is 2.64 bits per heavy atom. The molecule has 1 amide bonds. The summed E-state index contributed by atoms with van der Waals surface area (Å²) in [7, 11) is 3.52. The molecule has 0 aromatic carbocycles. The van der Waals surface area contributed by atoms with Gasteiger partial charge in [0.15, 0.2) is 0 Å². The molecular weight excluding hydrogens is 164 g/mol. The van der Waals surface area contributed by atoms with E-state index in [1.807, 2.05) is 12.2 Å². The van der Waals surface area contributed by atoms with Gasteiger partial charge >= 0.3 is 0 Å². The zero-order chi connectivity index (χ0) is 7.56. The third kappa shape index (κ3) is 2.52. The van der Waals surface area contributed by atoms with Crippen LogP contribution in [-0.2, 0) is 4.79 Å². The van der Waals surface area contributed by atoms with Gasteiger partial charge < -0.3 is 4.90 Å². The Morgan fingerprint density at radius 2 is 2.27 bits per heavy atom. The molecule has 4 heteroatoms. The highest BCUT2D eigenvalue weighted by atomic mass is 35.5. The standard InChI is InChI=1S/C7H12N2O.ClH/c1-9(2)7(10)6-4-3-5-8-6;/h3-4,6,8H,5H2,1-2H3;1H/t6-;/m0./s1. The monoisotopic (exact) mass is 176 g/mol. The Kier molecular flexibility index (Phi) is 4.15. The number of carbonyl (C=O) groups is 1. The molecule has 1 aliphatic heterocycles. The number of amides is 1. The van der Waals surface area contributed by atoms with E-state index in [0.29, 0.717) is 0 Å². The molecule has 0 spiro atoms. The summed E-state index contributed by atoms with van der Waals surface area (Å²) in [5, 5.41) is 3.04. The van der Waals surface area contributed by atoms with Gasteiger partial charge in [-0.1, -0.05) is 12.2 Å². The highest BCUT2D eigenvalue weighted by Crippen LogP contribution is 1.97. The molecule has 0 aromatic rings. The van der Waals surface area contributed by atoms with Gasteiger partial charge in [0, 0.05) is 20.6 Å². The van der Waals surface area contributed by atoms with Gasteiger partial charge in [-0.15, -0.1) is 12.4 Å². The van der Waals surface area contributed by atoms with Crippen molar-refractivity contribution in [2.75, 3.05) is 20.6 Å². The lowest BCUT2D eigenvalue weighted by Crippen LogP contribution is -2.39. The molecule has 0 fully saturated rings. The van der Waals surface area contributed by atoms with Crippen molar-refractivity contribution < 1.29 is 4.79 Å². The van der Waals surface area contributed by atoms with Crippen LogP contribution in [0.2, 0.25) is 0 Å². The Morgan fingerprint density at radius 1 is 1.64 bits per heavy atom. The number of hydrogen-bond donors (Lipinski definition) is 1. The third-order valence-electron chi connectivity index (χ3n) is 1.49. The minimum atomic E-state index is -0.0880. The van der Waals surface area contributed by atoms with Crippen LogP contribution in [0.1, 0.15) is 0 Å². The molecular formula is C7H13ClN2O. The molecule has 11 heavy (non-hydrogen) atoms. The Hall–Kier alpha value is -0.540. The molecule has 1 aliphatic rings. The molecule has 1 heterocycles. The first-order valence-corrected chi connectivity index (χ1v) is 3.33. The summed E-state index contributed by atoms with van der Waals surface area (Å²) in [6.07, 6.45) is 3.86. The fraction of sp³-hybridized carbons (Fsp3) is 0.571. The van der Waals surface area contributed by atoms with Gasteiger partial charge in [0.1, 0.15) is 6.04 Å². The predicted octanol–water partition coefficient (Wildman–Crippen LogP) is 0.0244. The zero-order valence-corrected chi connectivity index (χ0v) is 7.52. The van der Waals surface area contributed by atoms with Gasteiger partial charge in [0.25, 0.3) is 0 Å². The zero-order valence-electron chi connectivity index (χ0n) is 6.70. The second-order valence-electron chi connectivity index (χ2n) is 2.55. The van der Waals surface area contributed by atoms with E-state index in [1.165, 1.54) is 0 Å². The minimum Gasteiger partial charge on any atom is -0.347 e. The van der Waals surface area contributed by atoms with E-state index in [2.05, 4.69) is 5.32 Å². The van der Waals surface area contributed by atoms with Crippen LogP contribution in [0.15, 0.2) is 12.2 Å². The summed E-state index contributed by atoms with van der Waals surface area (Å²) in [5.41, 5.74) is 0. The van der Waals surface area contributed by atoms with Crippen molar-refractivity contribution in [3.63, 3.8) is 0 Å². The van der Waals surface area contributed by atoms with Gasteiger partial charge in [-0.2, -0.15) is 0 Å². The first kappa shape index (κ1) is 10.5. The van der Waals surface area contributed by atoms with Crippen molar-refractivity contribution in [2.45, 2.75) is 6.04 Å². The van der Waals surface area contributed by atoms with Crippen LogP contribution < -0.4 is 5.32 Å². The van der Waals surface area contributed by atoms with Crippen molar-refractivity contribution in [2.24, 2.45) is 0 Å². The van der Waals surface area contributed by atoms with Gasteiger partial charge in [0.2, 0.25) is 5.91 Å². The fourth-order valence-electron chi connectivity index (χ4n) is 0.915. The number of rotatable bonds is 1. The summed E-state index contributed by atoms with van der Waals surface area (Å²) in [4.78, 5) is 12.7. The molecule has 0 aliphatic carbocycles. The Balaban J connectivity index is 0.000001000. The van der Waals surface area contributed by atoms with Gasteiger partial charge in [-0.25, -0.2) is 0 Å². The van der Waals surface area contributed by atoms with E-state index in [0.717, 1.165) is 6.54 Å². The summed E-state index contributed by atoms with van der Waals surface area (Å²) < 4.78 is 0. The first-order chi connectivity index (χ1) is 4.72. The van der Waals surface area contributed by atoms with E-state index in [-0.39, 0.29) is 24.4 Å². The average Bonchev–Trinajstić information content (AvgIpc) is 2.36. The third-order valence-corrected chi connectivity index (χ3v) is 1.49. The molecule has 0 aromatic heterocycles. The van der Waals surface area contributed by atoms with E-state index in [1.54, 1.807) is 19.0 Å². The lowest BCUT2D eigenvalue weighted by Gasteiger charge is -2.14. The molecule has 3 nitrogen and oxygen atoms in total. The van der Waals surface area contributed by atoms with Crippen LogP contribution >= 0.6 is 12.4 Å². The summed E-state index contributed by atoms with van der Waals surface area (Å²) in [5.74, 6) is 0.119. The van der Waals surface area contributed by atoms with E-state index >= 15 is 0 Å². The SMILES string of the molecule is CN(C)C(=O)[C@@H]1C=CCN1.Cl. The van der Waals surface area contributed by atoms with Crippen LogP contribution in [0.4, 0.5) is 0 Å². The van der Waals surface area contributed by atoms with Crippen LogP contribution in [0, 0.1) is 0 Å². The van der Waals surface area contributed by atoms with Crippen molar-refractivity contribution >= 4 is 18.3 Å². The number of halogens is 1. The lowest BCUT2D eigenvalue weighted by molar-refractivity contribution is -0.129. The highest BCUT2D eigenvalue weighted by Gasteiger charge is 2.18. The smallest absolute Gasteiger partial charge is 0.243 e. The predicted molar refractivity (Wildman–Crippen MR) is 46.9 cm³/mol. The van der Waals surface area contributed by atoms with Crippen molar-refractivity contribution in [1.29, 1.82) is 0 Å². The first-order valence-electron chi connectivity index (χ1n) is 3.33. The number of nitrogens with zero attached hydrogens (tertiary/aromatic N) is 1. The van der Waals surface area contributed by atoms with Crippen LogP contribution in [0.5, 0.6) is 0 Å². The molecule has 0 radical (unpaired) electrons. The molecule has 0 bridgehead atoms. The molecule has 0 unspecified atom stereocenters. The summed E-state index contributed by atoms with van der Waals surface area (Å²) >= 11 is 0. The Labute approximate surface area is 72.9 Å². The molecule has 1 N–H and O–H groups in total. The maximum absolute atomic E-state index is 11.2. The molecule has 0 saturated heterocycles. The largest absolute Gasteiger partial charge is 0.347 e. The quantitative estimate of drug-likeness (QED) is 0.572. The maximum Gasteiger partial charge on any atom is 0.243 e. The van der Waals surface area contributed by atoms with E-state index in [4.69, 9.17) is 0 Å². The fourth-order valence-corrected chi connectivity index (χ4v) is 0.915. The lowest BCUT2D eigenvalue weighted by atomic mass is 10.3. The maximum atomic E-state index is 11.2.